The van der Waals surface area contributed by atoms with E-state index < -0.39 is 0 Å². The van der Waals surface area contributed by atoms with Crippen molar-refractivity contribution >= 4 is 17.4 Å². The number of amides is 1. The Balaban J connectivity index is 1.73. The van der Waals surface area contributed by atoms with E-state index in [0.29, 0.717) is 11.3 Å². The molecule has 2 aromatic carbocycles. The molecule has 5 heteroatoms. The van der Waals surface area contributed by atoms with Crippen molar-refractivity contribution in [3.05, 3.63) is 59.7 Å². The van der Waals surface area contributed by atoms with Crippen molar-refractivity contribution in [2.75, 3.05) is 19.0 Å². The molecule has 1 aliphatic heterocycles. The molecule has 1 amide bonds. The molecule has 1 saturated heterocycles. The second kappa shape index (κ2) is 8.35. The summed E-state index contributed by atoms with van der Waals surface area (Å²) in [6, 6.07) is 15.3. The Bertz CT molecular complexity index is 799. The molecule has 0 bridgehead atoms. The van der Waals surface area contributed by atoms with Crippen LogP contribution in [-0.2, 0) is 4.79 Å². The lowest BCUT2D eigenvalue weighted by atomic mass is 10.00. The maximum atomic E-state index is 13.0. The number of carbonyl (C=O) groups excluding carboxylic acids is 2. The highest BCUT2D eigenvalue weighted by molar-refractivity contribution is 6.00. The van der Waals surface area contributed by atoms with Crippen LogP contribution in [0.2, 0.25) is 0 Å². The molecule has 0 saturated carbocycles. The number of likely N-dealkylation sites (tertiary alicyclic amines) is 1. The van der Waals surface area contributed by atoms with Crippen molar-refractivity contribution in [3.8, 4) is 5.75 Å². The summed E-state index contributed by atoms with van der Waals surface area (Å²) in [7, 11) is 1.66. The van der Waals surface area contributed by atoms with Gasteiger partial charge in [0, 0.05) is 24.2 Å². The quantitative estimate of drug-likeness (QED) is 0.783. The van der Waals surface area contributed by atoms with Gasteiger partial charge in [-0.25, -0.2) is 0 Å². The summed E-state index contributed by atoms with van der Waals surface area (Å²) in [4.78, 5) is 26.4. The molecule has 3 rings (SSSR count). The monoisotopic (exact) mass is 366 g/mol. The van der Waals surface area contributed by atoms with Crippen molar-refractivity contribution in [1.29, 1.82) is 0 Å². The molecule has 2 atom stereocenters. The van der Waals surface area contributed by atoms with Crippen LogP contribution in [-0.4, -0.2) is 36.3 Å². The Morgan fingerprint density at radius 2 is 1.78 bits per heavy atom. The fourth-order valence-corrected chi connectivity index (χ4v) is 3.75. The predicted octanol–water partition coefficient (Wildman–Crippen LogP) is 4.06. The average Bonchev–Trinajstić information content (AvgIpc) is 3.17. The molecule has 0 spiro atoms. The number of methoxy groups -OCH3 is 1. The summed E-state index contributed by atoms with van der Waals surface area (Å²) < 4.78 is 5.24. The van der Waals surface area contributed by atoms with Crippen LogP contribution in [0.5, 0.6) is 5.75 Å². The lowest BCUT2D eigenvalue weighted by Crippen LogP contribution is -2.38. The zero-order valence-electron chi connectivity index (χ0n) is 16.1. The van der Waals surface area contributed by atoms with E-state index >= 15 is 0 Å². The number of ether oxygens (including phenoxy) is 1. The van der Waals surface area contributed by atoms with Crippen LogP contribution in [0.1, 0.15) is 48.7 Å². The highest BCUT2D eigenvalue weighted by atomic mass is 16.5. The van der Waals surface area contributed by atoms with Gasteiger partial charge in [0.15, 0.2) is 5.78 Å². The minimum Gasteiger partial charge on any atom is -0.497 e. The lowest BCUT2D eigenvalue weighted by molar-refractivity contribution is -0.114. The Hall–Kier alpha value is -2.66. The first-order valence-electron chi connectivity index (χ1n) is 9.31. The summed E-state index contributed by atoms with van der Waals surface area (Å²) in [6.07, 6.45) is 2.13. The summed E-state index contributed by atoms with van der Waals surface area (Å²) in [6.45, 7) is 4.35. The summed E-state index contributed by atoms with van der Waals surface area (Å²) in [5, 5.41) is 2.72. The Morgan fingerprint density at radius 3 is 2.37 bits per heavy atom. The van der Waals surface area contributed by atoms with Crippen molar-refractivity contribution in [2.24, 2.45) is 0 Å². The Kier molecular flexibility index (Phi) is 5.91. The van der Waals surface area contributed by atoms with E-state index in [1.54, 1.807) is 31.4 Å². The van der Waals surface area contributed by atoms with Crippen LogP contribution in [0.15, 0.2) is 48.5 Å². The Morgan fingerprint density at radius 1 is 1.11 bits per heavy atom. The average molecular weight is 366 g/mol. The number of Topliss-reactive ketones (excluding diaryl/α,β-unsaturated/α-hetero) is 1. The molecule has 1 N–H and O–H groups in total. The Labute approximate surface area is 160 Å². The fourth-order valence-electron chi connectivity index (χ4n) is 3.75. The number of hydrogen-bond acceptors (Lipinski definition) is 4. The van der Waals surface area contributed by atoms with Gasteiger partial charge in [0.2, 0.25) is 5.91 Å². The number of nitrogens with zero attached hydrogens (tertiary/aromatic N) is 1. The van der Waals surface area contributed by atoms with E-state index in [9.17, 15) is 9.59 Å². The summed E-state index contributed by atoms with van der Waals surface area (Å²) >= 11 is 0. The first-order valence-corrected chi connectivity index (χ1v) is 9.31. The standard InChI is InChI=1S/C22H26N2O3/c1-15(22(26)18-6-10-19(11-7-18)23-16(2)25)24-14-4-5-21(24)17-8-12-20(27-3)13-9-17/h6-13,15,21H,4-5,14H2,1-3H3,(H,23,25)/t15-,21+/m1/s1. The molecule has 0 aliphatic carbocycles. The zero-order valence-corrected chi connectivity index (χ0v) is 16.1. The van der Waals surface area contributed by atoms with Crippen molar-refractivity contribution < 1.29 is 14.3 Å². The van der Waals surface area contributed by atoms with Gasteiger partial charge in [-0.1, -0.05) is 12.1 Å². The first kappa shape index (κ1) is 19.1. The minimum atomic E-state index is -0.203. The van der Waals surface area contributed by atoms with Gasteiger partial charge < -0.3 is 10.1 Å². The molecule has 27 heavy (non-hydrogen) atoms. The van der Waals surface area contributed by atoms with Gasteiger partial charge in [-0.3, -0.25) is 14.5 Å². The summed E-state index contributed by atoms with van der Waals surface area (Å²) in [5.74, 6) is 0.818. The van der Waals surface area contributed by atoms with Crippen LogP contribution >= 0.6 is 0 Å². The lowest BCUT2D eigenvalue weighted by Gasteiger charge is -2.30. The molecule has 1 aliphatic rings. The second-order valence-electron chi connectivity index (χ2n) is 6.97. The number of benzene rings is 2. The number of carbonyl (C=O) groups is 2. The molecule has 1 fully saturated rings. The molecule has 0 radical (unpaired) electrons. The maximum Gasteiger partial charge on any atom is 0.221 e. The minimum absolute atomic E-state index is 0.102. The molecule has 1 heterocycles. The third kappa shape index (κ3) is 4.37. The van der Waals surface area contributed by atoms with E-state index in [0.717, 1.165) is 25.1 Å². The SMILES string of the molecule is COc1ccc([C@@H]2CCCN2[C@H](C)C(=O)c2ccc(NC(C)=O)cc2)cc1. The van der Waals surface area contributed by atoms with E-state index in [1.165, 1.54) is 12.5 Å². The second-order valence-corrected chi connectivity index (χ2v) is 6.97. The van der Waals surface area contributed by atoms with Gasteiger partial charge in [0.05, 0.1) is 13.2 Å². The van der Waals surface area contributed by atoms with Gasteiger partial charge >= 0.3 is 0 Å². The largest absolute Gasteiger partial charge is 0.497 e. The zero-order chi connectivity index (χ0) is 19.4. The van der Waals surface area contributed by atoms with Crippen LogP contribution in [0.3, 0.4) is 0 Å². The van der Waals surface area contributed by atoms with Crippen LogP contribution in [0.25, 0.3) is 0 Å². The molecular weight excluding hydrogens is 340 g/mol. The molecule has 2 aromatic rings. The number of nitrogens with one attached hydrogen (secondary N) is 1. The number of ketones is 1. The molecule has 5 nitrogen and oxygen atoms in total. The normalized spacial score (nSPS) is 18.1. The smallest absolute Gasteiger partial charge is 0.221 e. The van der Waals surface area contributed by atoms with E-state index in [-0.39, 0.29) is 23.8 Å². The fraction of sp³-hybridized carbons (Fsp3) is 0.364. The van der Waals surface area contributed by atoms with Gasteiger partial charge in [-0.2, -0.15) is 0 Å². The number of hydrogen-bond donors (Lipinski definition) is 1. The number of anilines is 1. The van der Waals surface area contributed by atoms with Crippen LogP contribution in [0, 0.1) is 0 Å². The van der Waals surface area contributed by atoms with Crippen molar-refractivity contribution in [1.82, 2.24) is 4.90 Å². The highest BCUT2D eigenvalue weighted by Gasteiger charge is 2.33. The van der Waals surface area contributed by atoms with E-state index in [2.05, 4.69) is 22.3 Å². The summed E-state index contributed by atoms with van der Waals surface area (Å²) in [5.41, 5.74) is 2.58. The highest BCUT2D eigenvalue weighted by Crippen LogP contribution is 2.35. The van der Waals surface area contributed by atoms with Crippen molar-refractivity contribution in [2.45, 2.75) is 38.8 Å². The van der Waals surface area contributed by atoms with Crippen LogP contribution < -0.4 is 10.1 Å². The first-order chi connectivity index (χ1) is 13.0. The number of rotatable bonds is 6. The topological polar surface area (TPSA) is 58.6 Å². The maximum absolute atomic E-state index is 13.0. The molecule has 0 aromatic heterocycles. The van der Waals surface area contributed by atoms with Gasteiger partial charge in [0.1, 0.15) is 5.75 Å². The molecular formula is C22H26N2O3. The van der Waals surface area contributed by atoms with Gasteiger partial charge in [-0.05, 0) is 68.3 Å². The van der Waals surface area contributed by atoms with Gasteiger partial charge in [0.25, 0.3) is 0 Å². The molecule has 0 unspecified atom stereocenters. The van der Waals surface area contributed by atoms with Crippen molar-refractivity contribution in [3.63, 3.8) is 0 Å². The predicted molar refractivity (Wildman–Crippen MR) is 106 cm³/mol. The van der Waals surface area contributed by atoms with Gasteiger partial charge in [-0.15, -0.1) is 0 Å². The third-order valence-electron chi connectivity index (χ3n) is 5.16. The molecule has 142 valence electrons. The third-order valence-corrected chi connectivity index (χ3v) is 5.16. The van der Waals surface area contributed by atoms with E-state index in [1.807, 2.05) is 19.1 Å². The van der Waals surface area contributed by atoms with E-state index in [4.69, 9.17) is 4.74 Å². The van der Waals surface area contributed by atoms with Crippen LogP contribution in [0.4, 0.5) is 5.69 Å².